The molecule has 2 heterocycles. The summed E-state index contributed by atoms with van der Waals surface area (Å²) in [7, 11) is 1.72. The summed E-state index contributed by atoms with van der Waals surface area (Å²) in [6.45, 7) is 12.4. The Hall–Kier alpha value is -1.95. The minimum absolute atomic E-state index is 0.231. The second-order valence-corrected chi connectivity index (χ2v) is 8.15. The molecule has 0 radical (unpaired) electrons. The Bertz CT molecular complexity index is 681. The van der Waals surface area contributed by atoms with E-state index in [0.29, 0.717) is 18.6 Å². The summed E-state index contributed by atoms with van der Waals surface area (Å²) in [5.74, 6) is 2.74. The highest BCUT2D eigenvalue weighted by Crippen LogP contribution is 2.35. The molecule has 6 heteroatoms. The summed E-state index contributed by atoms with van der Waals surface area (Å²) in [5, 5.41) is 7.01. The van der Waals surface area contributed by atoms with Gasteiger partial charge in [0.05, 0.1) is 13.7 Å². The molecule has 0 amide bonds. The average molecular weight is 389 g/mol. The molecular formula is C22H36N4O2. The zero-order chi connectivity index (χ0) is 20.1. The first kappa shape index (κ1) is 20.8. The molecule has 1 aromatic rings. The van der Waals surface area contributed by atoms with Crippen molar-refractivity contribution in [2.75, 3.05) is 26.7 Å². The molecule has 28 heavy (non-hydrogen) atoms. The SMILES string of the molecule is CCNC(=NCc1cc2c(cc1OC)CC(C)O2)NC1CCN(C(C)C)CC1. The molecule has 2 N–H and O–H groups in total. The topological polar surface area (TPSA) is 58.1 Å². The third-order valence-electron chi connectivity index (χ3n) is 5.65. The molecule has 1 saturated heterocycles. The lowest BCUT2D eigenvalue weighted by Gasteiger charge is -2.35. The predicted molar refractivity (Wildman–Crippen MR) is 114 cm³/mol. The summed E-state index contributed by atoms with van der Waals surface area (Å²) in [6.07, 6.45) is 3.47. The maximum atomic E-state index is 5.91. The maximum Gasteiger partial charge on any atom is 0.191 e. The number of rotatable bonds is 6. The summed E-state index contributed by atoms with van der Waals surface area (Å²) >= 11 is 0. The minimum atomic E-state index is 0.231. The van der Waals surface area contributed by atoms with Gasteiger partial charge in [-0.25, -0.2) is 4.99 Å². The lowest BCUT2D eigenvalue weighted by atomic mass is 10.0. The van der Waals surface area contributed by atoms with Gasteiger partial charge >= 0.3 is 0 Å². The number of likely N-dealkylation sites (tertiary alicyclic amines) is 1. The Labute approximate surface area is 169 Å². The zero-order valence-electron chi connectivity index (χ0n) is 18.0. The molecule has 1 unspecified atom stereocenters. The molecule has 1 aromatic carbocycles. The van der Waals surface area contributed by atoms with Gasteiger partial charge in [0.1, 0.15) is 17.6 Å². The molecule has 2 aliphatic rings. The van der Waals surface area contributed by atoms with E-state index in [2.05, 4.69) is 55.4 Å². The number of nitrogens with one attached hydrogen (secondary N) is 2. The van der Waals surface area contributed by atoms with E-state index in [1.165, 1.54) is 5.56 Å². The molecule has 0 aliphatic carbocycles. The number of nitrogens with zero attached hydrogens (tertiary/aromatic N) is 2. The second-order valence-electron chi connectivity index (χ2n) is 8.15. The first-order valence-electron chi connectivity index (χ1n) is 10.7. The highest BCUT2D eigenvalue weighted by molar-refractivity contribution is 5.80. The smallest absolute Gasteiger partial charge is 0.191 e. The molecule has 1 fully saturated rings. The molecule has 2 aliphatic heterocycles. The van der Waals surface area contributed by atoms with Crippen LogP contribution < -0.4 is 20.1 Å². The van der Waals surface area contributed by atoms with E-state index in [0.717, 1.165) is 61.9 Å². The summed E-state index contributed by atoms with van der Waals surface area (Å²) in [6, 6.07) is 5.29. The third kappa shape index (κ3) is 5.10. The number of methoxy groups -OCH3 is 1. The van der Waals surface area contributed by atoms with Crippen molar-refractivity contribution >= 4 is 5.96 Å². The van der Waals surface area contributed by atoms with Gasteiger partial charge in [0, 0.05) is 49.3 Å². The number of aliphatic imine (C=N–C) groups is 1. The standard InChI is InChI=1S/C22H36N4O2/c1-6-23-22(25-19-7-9-26(10-8-19)15(2)3)24-14-18-13-21-17(11-16(4)28-21)12-20(18)27-5/h12-13,15-16,19H,6-11,14H2,1-5H3,(H2,23,24,25). The molecular weight excluding hydrogens is 352 g/mol. The fraction of sp³-hybridized carbons (Fsp3) is 0.682. The number of benzene rings is 1. The van der Waals surface area contributed by atoms with Crippen molar-refractivity contribution < 1.29 is 9.47 Å². The number of guanidine groups is 1. The van der Waals surface area contributed by atoms with Crippen molar-refractivity contribution in [3.8, 4) is 11.5 Å². The van der Waals surface area contributed by atoms with Gasteiger partial charge in [-0.2, -0.15) is 0 Å². The largest absolute Gasteiger partial charge is 0.496 e. The van der Waals surface area contributed by atoms with Crippen molar-refractivity contribution in [3.63, 3.8) is 0 Å². The van der Waals surface area contributed by atoms with Gasteiger partial charge in [-0.1, -0.05) is 0 Å². The first-order valence-corrected chi connectivity index (χ1v) is 10.7. The molecule has 0 aromatic heterocycles. The van der Waals surface area contributed by atoms with Crippen LogP contribution >= 0.6 is 0 Å². The van der Waals surface area contributed by atoms with E-state index in [4.69, 9.17) is 14.5 Å². The van der Waals surface area contributed by atoms with Crippen LogP contribution in [-0.4, -0.2) is 55.8 Å². The van der Waals surface area contributed by atoms with E-state index < -0.39 is 0 Å². The Morgan fingerprint density at radius 2 is 2.07 bits per heavy atom. The van der Waals surface area contributed by atoms with E-state index >= 15 is 0 Å². The lowest BCUT2D eigenvalue weighted by molar-refractivity contribution is 0.167. The Kier molecular flexibility index (Phi) is 7.05. The van der Waals surface area contributed by atoms with Crippen LogP contribution in [0, 0.1) is 0 Å². The Balaban J connectivity index is 1.66. The van der Waals surface area contributed by atoms with Crippen LogP contribution in [0.3, 0.4) is 0 Å². The van der Waals surface area contributed by atoms with Crippen LogP contribution in [0.5, 0.6) is 11.5 Å². The van der Waals surface area contributed by atoms with Crippen LogP contribution in [0.4, 0.5) is 0 Å². The molecule has 0 spiro atoms. The van der Waals surface area contributed by atoms with Gasteiger partial charge in [0.2, 0.25) is 0 Å². The van der Waals surface area contributed by atoms with Crippen LogP contribution in [0.25, 0.3) is 0 Å². The van der Waals surface area contributed by atoms with Gasteiger partial charge < -0.3 is 25.0 Å². The van der Waals surface area contributed by atoms with E-state index in [1.807, 2.05) is 0 Å². The molecule has 0 bridgehead atoms. The van der Waals surface area contributed by atoms with E-state index in [-0.39, 0.29) is 6.10 Å². The molecule has 0 saturated carbocycles. The normalized spacial score (nSPS) is 20.8. The number of piperidine rings is 1. The number of ether oxygens (including phenoxy) is 2. The van der Waals surface area contributed by atoms with Crippen molar-refractivity contribution in [2.45, 2.75) is 71.7 Å². The zero-order valence-corrected chi connectivity index (χ0v) is 18.0. The average Bonchev–Trinajstić information content (AvgIpc) is 3.04. The number of fused-ring (bicyclic) bond motifs is 1. The minimum Gasteiger partial charge on any atom is -0.496 e. The third-order valence-corrected chi connectivity index (χ3v) is 5.65. The van der Waals surface area contributed by atoms with E-state index in [1.54, 1.807) is 7.11 Å². The highest BCUT2D eigenvalue weighted by atomic mass is 16.5. The van der Waals surface area contributed by atoms with Crippen molar-refractivity contribution in [2.24, 2.45) is 4.99 Å². The van der Waals surface area contributed by atoms with E-state index in [9.17, 15) is 0 Å². The van der Waals surface area contributed by atoms with Crippen LogP contribution in [0.1, 0.15) is 51.7 Å². The molecule has 1 atom stereocenters. The first-order chi connectivity index (χ1) is 13.5. The van der Waals surface area contributed by atoms with Gasteiger partial charge in [0.25, 0.3) is 0 Å². The molecule has 6 nitrogen and oxygen atoms in total. The fourth-order valence-electron chi connectivity index (χ4n) is 4.03. The van der Waals surface area contributed by atoms with Crippen LogP contribution in [0.15, 0.2) is 17.1 Å². The Morgan fingerprint density at radius 3 is 2.71 bits per heavy atom. The molecule has 156 valence electrons. The summed E-state index contributed by atoms with van der Waals surface area (Å²) < 4.78 is 11.5. The van der Waals surface area contributed by atoms with Gasteiger partial charge in [-0.05, 0) is 52.7 Å². The number of hydrogen-bond donors (Lipinski definition) is 2. The van der Waals surface area contributed by atoms with Crippen molar-refractivity contribution in [1.29, 1.82) is 0 Å². The molecule has 3 rings (SSSR count). The fourth-order valence-corrected chi connectivity index (χ4v) is 4.03. The predicted octanol–water partition coefficient (Wildman–Crippen LogP) is 2.95. The quantitative estimate of drug-likeness (QED) is 0.580. The van der Waals surface area contributed by atoms with Gasteiger partial charge in [-0.3, -0.25) is 0 Å². The Morgan fingerprint density at radius 1 is 1.32 bits per heavy atom. The van der Waals surface area contributed by atoms with Crippen molar-refractivity contribution in [3.05, 3.63) is 23.3 Å². The van der Waals surface area contributed by atoms with Crippen molar-refractivity contribution in [1.82, 2.24) is 15.5 Å². The second kappa shape index (κ2) is 9.50. The van der Waals surface area contributed by atoms with Crippen LogP contribution in [0.2, 0.25) is 0 Å². The summed E-state index contributed by atoms with van der Waals surface area (Å²) in [4.78, 5) is 7.37. The van der Waals surface area contributed by atoms with Gasteiger partial charge in [0.15, 0.2) is 5.96 Å². The monoisotopic (exact) mass is 388 g/mol. The lowest BCUT2D eigenvalue weighted by Crippen LogP contribution is -2.49. The number of hydrogen-bond acceptors (Lipinski definition) is 4. The summed E-state index contributed by atoms with van der Waals surface area (Å²) in [5.41, 5.74) is 2.28. The van der Waals surface area contributed by atoms with Gasteiger partial charge in [-0.15, -0.1) is 0 Å². The van der Waals surface area contributed by atoms with Crippen LogP contribution in [-0.2, 0) is 13.0 Å². The highest BCUT2D eigenvalue weighted by Gasteiger charge is 2.23. The maximum absolute atomic E-state index is 5.91.